The third kappa shape index (κ3) is 10.8. The first-order valence-corrected chi connectivity index (χ1v) is 19.6. The van der Waals surface area contributed by atoms with Crippen molar-refractivity contribution < 1.29 is 33.3 Å². The van der Waals surface area contributed by atoms with E-state index in [1.54, 1.807) is 12.0 Å². The van der Waals surface area contributed by atoms with E-state index in [0.717, 1.165) is 44.2 Å². The molecule has 0 spiro atoms. The van der Waals surface area contributed by atoms with Crippen molar-refractivity contribution in [3.8, 4) is 16.9 Å². The molecule has 0 radical (unpaired) electrons. The lowest BCUT2D eigenvalue weighted by Crippen LogP contribution is -2.51. The number of benzene rings is 5. The number of amides is 3. The molecule has 2 N–H and O–H groups in total. The van der Waals surface area contributed by atoms with Crippen molar-refractivity contribution in [2.24, 2.45) is 0 Å². The number of alkyl carbamates (subject to hydrolysis) is 1. The molecule has 298 valence electrons. The Bertz CT molecular complexity index is 2090. The van der Waals surface area contributed by atoms with E-state index in [1.165, 1.54) is 0 Å². The summed E-state index contributed by atoms with van der Waals surface area (Å²) in [4.78, 5) is 42.8. The van der Waals surface area contributed by atoms with Crippen LogP contribution < -0.4 is 15.4 Å². The van der Waals surface area contributed by atoms with Crippen molar-refractivity contribution in [3.05, 3.63) is 138 Å². The van der Waals surface area contributed by atoms with Crippen molar-refractivity contribution in [1.82, 2.24) is 15.5 Å². The third-order valence-electron chi connectivity index (χ3n) is 9.92. The van der Waals surface area contributed by atoms with Gasteiger partial charge in [0, 0.05) is 45.6 Å². The van der Waals surface area contributed by atoms with Gasteiger partial charge in [-0.3, -0.25) is 9.59 Å². The average molecular weight is 772 g/mol. The number of rotatable bonds is 17. The predicted molar refractivity (Wildman–Crippen MR) is 222 cm³/mol. The number of nitrogens with one attached hydrogen (secondary N) is 2. The molecule has 0 heterocycles. The van der Waals surface area contributed by atoms with E-state index in [0.29, 0.717) is 12.4 Å². The number of ether oxygens (including phenoxy) is 4. The summed E-state index contributed by atoms with van der Waals surface area (Å²) >= 11 is 0. The quantitative estimate of drug-likeness (QED) is 0.0921. The van der Waals surface area contributed by atoms with Crippen LogP contribution in [0.4, 0.5) is 4.79 Å². The Kier molecular flexibility index (Phi) is 13.6. The van der Waals surface area contributed by atoms with Crippen molar-refractivity contribution in [2.45, 2.75) is 70.9 Å². The van der Waals surface area contributed by atoms with Gasteiger partial charge in [0.05, 0.1) is 6.54 Å². The van der Waals surface area contributed by atoms with E-state index < -0.39 is 24.3 Å². The zero-order chi connectivity index (χ0) is 40.4. The fourth-order valence-corrected chi connectivity index (χ4v) is 7.33. The van der Waals surface area contributed by atoms with Gasteiger partial charge in [-0.15, -0.1) is 0 Å². The number of fused-ring (bicyclic) bond motifs is 4. The number of carbonyl (C=O) groups excluding carboxylic acids is 3. The van der Waals surface area contributed by atoms with E-state index in [9.17, 15) is 14.4 Å². The summed E-state index contributed by atoms with van der Waals surface area (Å²) in [7, 11) is 1.55. The maximum Gasteiger partial charge on any atom is 0.407 e. The lowest BCUT2D eigenvalue weighted by molar-refractivity contribution is -0.154. The van der Waals surface area contributed by atoms with Crippen LogP contribution in [0.1, 0.15) is 62.3 Å². The topological polar surface area (TPSA) is 115 Å². The Balaban J connectivity index is 1.15. The van der Waals surface area contributed by atoms with Crippen LogP contribution in [0.25, 0.3) is 21.9 Å². The Morgan fingerprint density at radius 1 is 0.807 bits per heavy atom. The fourth-order valence-electron chi connectivity index (χ4n) is 7.33. The smallest absolute Gasteiger partial charge is 0.407 e. The number of methoxy groups -OCH3 is 1. The number of carbonyl (C=O) groups is 3. The van der Waals surface area contributed by atoms with E-state index in [4.69, 9.17) is 18.9 Å². The molecule has 0 saturated heterocycles. The van der Waals surface area contributed by atoms with Crippen molar-refractivity contribution in [1.29, 1.82) is 0 Å². The van der Waals surface area contributed by atoms with Crippen LogP contribution in [-0.4, -0.2) is 74.2 Å². The molecule has 0 aliphatic heterocycles. The molecule has 1 unspecified atom stereocenters. The largest absolute Gasteiger partial charge is 0.488 e. The van der Waals surface area contributed by atoms with Gasteiger partial charge in [-0.25, -0.2) is 4.79 Å². The van der Waals surface area contributed by atoms with Gasteiger partial charge in [-0.1, -0.05) is 103 Å². The van der Waals surface area contributed by atoms with Gasteiger partial charge in [-0.2, -0.15) is 0 Å². The molecule has 57 heavy (non-hydrogen) atoms. The highest BCUT2D eigenvalue weighted by Gasteiger charge is 2.31. The molecule has 0 fully saturated rings. The molecular weight excluding hydrogens is 719 g/mol. The van der Waals surface area contributed by atoms with E-state index in [-0.39, 0.29) is 56.5 Å². The zero-order valence-electron chi connectivity index (χ0n) is 33.5. The van der Waals surface area contributed by atoms with Gasteiger partial charge in [0.25, 0.3) is 0 Å². The summed E-state index contributed by atoms with van der Waals surface area (Å²) in [5.41, 5.74) is 5.93. The van der Waals surface area contributed by atoms with Crippen LogP contribution in [0, 0.1) is 0 Å². The van der Waals surface area contributed by atoms with Crippen molar-refractivity contribution >= 4 is 28.7 Å². The first-order valence-electron chi connectivity index (χ1n) is 19.6. The molecular formula is C47H53N3O7. The Hall–Kier alpha value is -5.71. The normalized spacial score (nSPS) is 13.3. The Morgan fingerprint density at radius 3 is 2.12 bits per heavy atom. The van der Waals surface area contributed by atoms with Crippen LogP contribution in [-0.2, 0) is 36.8 Å². The minimum Gasteiger partial charge on any atom is -0.488 e. The highest BCUT2D eigenvalue weighted by atomic mass is 16.7. The van der Waals surface area contributed by atoms with E-state index in [1.807, 2.05) is 119 Å². The highest BCUT2D eigenvalue weighted by Crippen LogP contribution is 2.44. The second kappa shape index (κ2) is 19.0. The van der Waals surface area contributed by atoms with Crippen LogP contribution in [0.3, 0.4) is 0 Å². The number of nitrogens with zero attached hydrogens (tertiary/aromatic N) is 1. The molecule has 1 aliphatic rings. The molecule has 6 rings (SSSR count). The van der Waals surface area contributed by atoms with Gasteiger partial charge in [-0.05, 0) is 84.0 Å². The predicted octanol–water partition coefficient (Wildman–Crippen LogP) is 8.01. The molecule has 5 aromatic rings. The molecule has 1 aliphatic carbocycles. The molecule has 0 aromatic heterocycles. The van der Waals surface area contributed by atoms with E-state index in [2.05, 4.69) is 34.9 Å². The first kappa shape index (κ1) is 40.9. The molecule has 3 amide bonds. The molecule has 10 heteroatoms. The Morgan fingerprint density at radius 2 is 1.46 bits per heavy atom. The fraction of sp³-hybridized carbons (Fsp3) is 0.340. The average Bonchev–Trinajstić information content (AvgIpc) is 3.52. The Labute approximate surface area is 335 Å². The van der Waals surface area contributed by atoms with E-state index >= 15 is 0 Å². The SMILES string of the molecule is CCOC(CN(Cc1cccc2ccccc12)C(=O)[C@H](Cc1ccc(OC(C)(C)C)cc1)NC(=O)CCNC(=O)OCC1c2ccccc2-c2ccccc21)OC. The summed E-state index contributed by atoms with van der Waals surface area (Å²) in [5.74, 6) is -0.0602. The molecule has 5 aromatic carbocycles. The van der Waals surface area contributed by atoms with Gasteiger partial charge in [0.2, 0.25) is 11.8 Å². The second-order valence-electron chi connectivity index (χ2n) is 15.2. The van der Waals surface area contributed by atoms with Gasteiger partial charge < -0.3 is 34.5 Å². The second-order valence-corrected chi connectivity index (χ2v) is 15.2. The lowest BCUT2D eigenvalue weighted by atomic mass is 9.98. The van der Waals surface area contributed by atoms with Gasteiger partial charge >= 0.3 is 6.09 Å². The lowest BCUT2D eigenvalue weighted by Gasteiger charge is -2.31. The molecule has 0 bridgehead atoms. The van der Waals surface area contributed by atoms with Crippen LogP contribution in [0.2, 0.25) is 0 Å². The van der Waals surface area contributed by atoms with Crippen molar-refractivity contribution in [3.63, 3.8) is 0 Å². The summed E-state index contributed by atoms with van der Waals surface area (Å²) < 4.78 is 23.1. The summed E-state index contributed by atoms with van der Waals surface area (Å²) in [6.45, 7) is 8.80. The maximum atomic E-state index is 14.7. The number of hydrogen-bond acceptors (Lipinski definition) is 7. The first-order chi connectivity index (χ1) is 27.5. The summed E-state index contributed by atoms with van der Waals surface area (Å²) in [6, 6.07) is 36.9. The van der Waals surface area contributed by atoms with Crippen molar-refractivity contribution in [2.75, 3.05) is 33.4 Å². The molecule has 10 nitrogen and oxygen atoms in total. The highest BCUT2D eigenvalue weighted by molar-refractivity contribution is 5.89. The molecule has 0 saturated carbocycles. The van der Waals surface area contributed by atoms with Crippen LogP contribution in [0.15, 0.2) is 115 Å². The standard InChI is InChI=1S/C47H53N3O7/c1-6-55-44(54-5)30-50(29-34-16-13-15-33-14-7-8-17-36(33)34)45(52)42(28-32-22-24-35(25-23-32)57-47(2,3)4)49-43(51)26-27-48-46(53)56-31-41-39-20-11-9-18-37(39)38-19-10-12-21-40(38)41/h7-25,41-42,44H,6,26-31H2,1-5H3,(H,48,53)(H,49,51)/t42-,44?/m0/s1. The van der Waals surface area contributed by atoms with Gasteiger partial charge in [0.1, 0.15) is 24.0 Å². The summed E-state index contributed by atoms with van der Waals surface area (Å²) in [5, 5.41) is 7.78. The van der Waals surface area contributed by atoms with Gasteiger partial charge in [0.15, 0.2) is 6.29 Å². The van der Waals surface area contributed by atoms with Crippen LogP contribution in [0.5, 0.6) is 5.75 Å². The maximum absolute atomic E-state index is 14.7. The monoisotopic (exact) mass is 771 g/mol. The third-order valence-corrected chi connectivity index (χ3v) is 9.92. The number of hydrogen-bond donors (Lipinski definition) is 2. The van der Waals surface area contributed by atoms with Crippen LogP contribution >= 0.6 is 0 Å². The minimum atomic E-state index is -0.935. The minimum absolute atomic E-state index is 0.0259. The molecule has 2 atom stereocenters. The summed E-state index contributed by atoms with van der Waals surface area (Å²) in [6.07, 6.45) is -1.13. The zero-order valence-corrected chi connectivity index (χ0v) is 33.5.